The Balaban J connectivity index is 1.37. The van der Waals surface area contributed by atoms with Crippen molar-refractivity contribution >= 4 is 11.9 Å². The van der Waals surface area contributed by atoms with Crippen LogP contribution in [0.3, 0.4) is 0 Å². The summed E-state index contributed by atoms with van der Waals surface area (Å²) < 4.78 is 5.79. The van der Waals surface area contributed by atoms with Gasteiger partial charge < -0.3 is 10.1 Å². The highest BCUT2D eigenvalue weighted by molar-refractivity contribution is 6.07. The number of ether oxygens (including phenoxy) is 1. The maximum Gasteiger partial charge on any atom is 0.335 e. The van der Waals surface area contributed by atoms with Gasteiger partial charge in [0.25, 0.3) is 5.91 Å². The molecule has 5 saturated carbocycles. The topological polar surface area (TPSA) is 55.4 Å². The summed E-state index contributed by atoms with van der Waals surface area (Å²) in [6.07, 6.45) is 12.9. The molecule has 1 N–H and O–H groups in total. The SMILES string of the molecule is CC1=C(C(=O)N[C@H](C)C23CC4CC(CC(C4)C2)C3)C2(CCCCC2)OC1=O. The number of esters is 1. The zero-order chi connectivity index (χ0) is 18.8. The van der Waals surface area contributed by atoms with Crippen LogP contribution >= 0.6 is 0 Å². The van der Waals surface area contributed by atoms with Crippen molar-refractivity contribution in [2.24, 2.45) is 23.2 Å². The third-order valence-electron chi connectivity index (χ3n) is 8.66. The number of nitrogens with one attached hydrogen (secondary N) is 1. The lowest BCUT2D eigenvalue weighted by atomic mass is 9.48. The molecule has 0 unspecified atom stereocenters. The highest BCUT2D eigenvalue weighted by atomic mass is 16.6. The quantitative estimate of drug-likeness (QED) is 0.753. The summed E-state index contributed by atoms with van der Waals surface area (Å²) in [6, 6.07) is 0.176. The van der Waals surface area contributed by atoms with Crippen molar-refractivity contribution in [3.05, 3.63) is 11.1 Å². The largest absolute Gasteiger partial charge is 0.451 e. The summed E-state index contributed by atoms with van der Waals surface area (Å²) >= 11 is 0. The van der Waals surface area contributed by atoms with Crippen molar-refractivity contribution < 1.29 is 14.3 Å². The Morgan fingerprint density at radius 2 is 1.59 bits per heavy atom. The van der Waals surface area contributed by atoms with E-state index in [4.69, 9.17) is 4.74 Å². The maximum atomic E-state index is 13.4. The third-order valence-corrected chi connectivity index (χ3v) is 8.66. The van der Waals surface area contributed by atoms with E-state index in [1.54, 1.807) is 6.92 Å². The van der Waals surface area contributed by atoms with Crippen LogP contribution in [0.15, 0.2) is 11.1 Å². The van der Waals surface area contributed by atoms with Crippen LogP contribution in [0, 0.1) is 23.2 Å². The average molecular weight is 372 g/mol. The number of carbonyl (C=O) groups is 2. The minimum atomic E-state index is -0.648. The van der Waals surface area contributed by atoms with Gasteiger partial charge in [-0.1, -0.05) is 6.42 Å². The van der Waals surface area contributed by atoms with Crippen LogP contribution in [0.2, 0.25) is 0 Å². The van der Waals surface area contributed by atoms with Crippen molar-refractivity contribution in [1.82, 2.24) is 5.32 Å². The third kappa shape index (κ3) is 2.69. The molecule has 0 radical (unpaired) electrons. The van der Waals surface area contributed by atoms with Gasteiger partial charge in [-0.2, -0.15) is 0 Å². The normalized spacial score (nSPS) is 40.4. The smallest absolute Gasteiger partial charge is 0.335 e. The van der Waals surface area contributed by atoms with E-state index in [0.717, 1.165) is 49.9 Å². The summed E-state index contributed by atoms with van der Waals surface area (Å²) in [4.78, 5) is 25.7. The molecule has 4 bridgehead atoms. The molecule has 148 valence electrons. The van der Waals surface area contributed by atoms with E-state index in [1.807, 2.05) is 0 Å². The Labute approximate surface area is 162 Å². The molecule has 0 aromatic heterocycles. The van der Waals surface area contributed by atoms with Crippen LogP contribution in [0.25, 0.3) is 0 Å². The highest BCUT2D eigenvalue weighted by Crippen LogP contribution is 2.61. The number of carbonyl (C=O) groups excluding carboxylic acids is 2. The van der Waals surface area contributed by atoms with Crippen molar-refractivity contribution in [1.29, 1.82) is 0 Å². The zero-order valence-electron chi connectivity index (χ0n) is 16.8. The van der Waals surface area contributed by atoms with Crippen LogP contribution < -0.4 is 5.32 Å². The summed E-state index contributed by atoms with van der Waals surface area (Å²) in [7, 11) is 0. The first-order valence-electron chi connectivity index (χ1n) is 11.2. The summed E-state index contributed by atoms with van der Waals surface area (Å²) in [5.74, 6) is 2.29. The number of hydrogen-bond donors (Lipinski definition) is 1. The van der Waals surface area contributed by atoms with Crippen LogP contribution in [-0.2, 0) is 14.3 Å². The molecule has 6 rings (SSSR count). The van der Waals surface area contributed by atoms with Gasteiger partial charge in [0, 0.05) is 11.6 Å². The number of rotatable bonds is 3. The Kier molecular flexibility index (Phi) is 4.00. The molecular weight excluding hydrogens is 338 g/mol. The predicted octanol–water partition coefficient (Wildman–Crippen LogP) is 4.28. The Morgan fingerprint density at radius 3 is 2.15 bits per heavy atom. The van der Waals surface area contributed by atoms with E-state index in [2.05, 4.69) is 12.2 Å². The fourth-order valence-corrected chi connectivity index (χ4v) is 7.73. The molecule has 6 aliphatic rings. The van der Waals surface area contributed by atoms with Gasteiger partial charge in [-0.3, -0.25) is 4.79 Å². The second-order valence-corrected chi connectivity index (χ2v) is 10.4. The van der Waals surface area contributed by atoms with Gasteiger partial charge in [-0.05, 0) is 101 Å². The highest BCUT2D eigenvalue weighted by Gasteiger charge is 2.55. The van der Waals surface area contributed by atoms with E-state index in [1.165, 1.54) is 38.5 Å². The minimum absolute atomic E-state index is 0.0384. The van der Waals surface area contributed by atoms with Gasteiger partial charge >= 0.3 is 5.97 Å². The Bertz CT molecular complexity index is 665. The van der Waals surface area contributed by atoms with Crippen LogP contribution in [0.4, 0.5) is 0 Å². The van der Waals surface area contributed by atoms with E-state index >= 15 is 0 Å². The van der Waals surface area contributed by atoms with Gasteiger partial charge in [0.2, 0.25) is 0 Å². The molecule has 5 aliphatic carbocycles. The molecule has 4 nitrogen and oxygen atoms in total. The van der Waals surface area contributed by atoms with Gasteiger partial charge in [0.05, 0.1) is 5.57 Å². The fourth-order valence-electron chi connectivity index (χ4n) is 7.73. The molecule has 0 aromatic carbocycles. The van der Waals surface area contributed by atoms with Crippen molar-refractivity contribution in [3.63, 3.8) is 0 Å². The molecule has 27 heavy (non-hydrogen) atoms. The number of amides is 1. The first-order valence-corrected chi connectivity index (χ1v) is 11.2. The molecule has 0 aromatic rings. The summed E-state index contributed by atoms with van der Waals surface area (Å²) in [6.45, 7) is 3.99. The molecule has 1 spiro atoms. The molecule has 5 fully saturated rings. The monoisotopic (exact) mass is 371 g/mol. The van der Waals surface area contributed by atoms with Crippen LogP contribution in [0.1, 0.15) is 84.5 Å². The summed E-state index contributed by atoms with van der Waals surface area (Å²) in [5, 5.41) is 3.37. The molecule has 1 amide bonds. The van der Waals surface area contributed by atoms with Crippen LogP contribution in [0.5, 0.6) is 0 Å². The second-order valence-electron chi connectivity index (χ2n) is 10.4. The van der Waals surface area contributed by atoms with E-state index in [-0.39, 0.29) is 23.3 Å². The maximum absolute atomic E-state index is 13.4. The first kappa shape index (κ1) is 17.8. The molecule has 0 saturated heterocycles. The standard InChI is InChI=1S/C23H33NO3/c1-14-19(23(27-21(14)26)6-4-3-5-7-23)20(25)24-15(2)22-11-16-8-17(12-22)10-18(9-16)13-22/h15-18H,3-13H2,1-2H3,(H,24,25)/t15-,16?,17?,18?,22?/m1/s1. The van der Waals surface area contributed by atoms with Gasteiger partial charge in [0.15, 0.2) is 0 Å². The lowest BCUT2D eigenvalue weighted by Crippen LogP contribution is -2.56. The lowest BCUT2D eigenvalue weighted by molar-refractivity contribution is -0.149. The van der Waals surface area contributed by atoms with Gasteiger partial charge in [-0.25, -0.2) is 4.79 Å². The van der Waals surface area contributed by atoms with E-state index in [0.29, 0.717) is 11.1 Å². The van der Waals surface area contributed by atoms with Crippen molar-refractivity contribution in [2.45, 2.75) is 96.1 Å². The minimum Gasteiger partial charge on any atom is -0.451 e. The summed E-state index contributed by atoms with van der Waals surface area (Å²) in [5.41, 5.74) is 0.808. The van der Waals surface area contributed by atoms with Crippen molar-refractivity contribution in [2.75, 3.05) is 0 Å². The zero-order valence-corrected chi connectivity index (χ0v) is 16.8. The first-order chi connectivity index (χ1) is 12.9. The predicted molar refractivity (Wildman–Crippen MR) is 103 cm³/mol. The molecule has 1 atom stereocenters. The number of hydrogen-bond acceptors (Lipinski definition) is 3. The van der Waals surface area contributed by atoms with E-state index in [9.17, 15) is 9.59 Å². The van der Waals surface area contributed by atoms with Gasteiger partial charge in [-0.15, -0.1) is 0 Å². The molecule has 1 aliphatic heterocycles. The Morgan fingerprint density at radius 1 is 1.04 bits per heavy atom. The Hall–Kier alpha value is -1.32. The molecular formula is C23H33NO3. The second kappa shape index (κ2) is 6.09. The average Bonchev–Trinajstić information content (AvgIpc) is 2.84. The van der Waals surface area contributed by atoms with Gasteiger partial charge in [0.1, 0.15) is 5.60 Å². The van der Waals surface area contributed by atoms with Crippen LogP contribution in [-0.4, -0.2) is 23.5 Å². The van der Waals surface area contributed by atoms with E-state index < -0.39 is 5.60 Å². The van der Waals surface area contributed by atoms with Crippen molar-refractivity contribution in [3.8, 4) is 0 Å². The molecule has 4 heteroatoms. The molecule has 1 heterocycles. The fraction of sp³-hybridized carbons (Fsp3) is 0.826. The lowest BCUT2D eigenvalue weighted by Gasteiger charge is -2.59.